The lowest BCUT2D eigenvalue weighted by atomic mass is 9.97. The van der Waals surface area contributed by atoms with Gasteiger partial charge in [0.2, 0.25) is 5.91 Å². The number of nitrogens with zero attached hydrogens (tertiary/aromatic N) is 1. The number of para-hydroxylation sites is 1. The fourth-order valence-corrected chi connectivity index (χ4v) is 4.19. The van der Waals surface area contributed by atoms with E-state index in [0.29, 0.717) is 13.0 Å². The van der Waals surface area contributed by atoms with Gasteiger partial charge in [-0.1, -0.05) is 25.1 Å². The van der Waals surface area contributed by atoms with Crippen molar-refractivity contribution in [3.63, 3.8) is 0 Å². The Morgan fingerprint density at radius 3 is 2.80 bits per heavy atom. The number of nitrogens with one attached hydrogen (secondary N) is 2. The van der Waals surface area contributed by atoms with Crippen LogP contribution in [0.15, 0.2) is 41.8 Å². The Kier molecular flexibility index (Phi) is 5.71. The minimum absolute atomic E-state index is 0.101. The van der Waals surface area contributed by atoms with Gasteiger partial charge >= 0.3 is 6.03 Å². The summed E-state index contributed by atoms with van der Waals surface area (Å²) in [4.78, 5) is 27.8. The SMILES string of the molecule is CCC1c2ccsc2CCN1C(=O)CCNC(=O)Nc1ccccc1. The second kappa shape index (κ2) is 8.16. The summed E-state index contributed by atoms with van der Waals surface area (Å²) in [7, 11) is 0. The average molecular weight is 357 g/mol. The number of benzene rings is 1. The van der Waals surface area contributed by atoms with Crippen LogP contribution in [0.1, 0.15) is 36.2 Å². The molecule has 1 aromatic heterocycles. The van der Waals surface area contributed by atoms with Crippen molar-refractivity contribution < 1.29 is 9.59 Å². The van der Waals surface area contributed by atoms with Gasteiger partial charge in [0.25, 0.3) is 0 Å². The third kappa shape index (κ3) is 4.20. The molecule has 5 nitrogen and oxygen atoms in total. The predicted octanol–water partition coefficient (Wildman–Crippen LogP) is 3.80. The number of carbonyl (C=O) groups excluding carboxylic acids is 2. The van der Waals surface area contributed by atoms with Crippen molar-refractivity contribution in [1.29, 1.82) is 0 Å². The summed E-state index contributed by atoms with van der Waals surface area (Å²) in [6.07, 6.45) is 2.16. The van der Waals surface area contributed by atoms with Crippen LogP contribution in [0.3, 0.4) is 0 Å². The highest BCUT2D eigenvalue weighted by atomic mass is 32.1. The fraction of sp³-hybridized carbons (Fsp3) is 0.368. The number of rotatable bonds is 5. The zero-order valence-corrected chi connectivity index (χ0v) is 15.1. The van der Waals surface area contributed by atoms with Gasteiger partial charge in [-0.25, -0.2) is 4.79 Å². The molecule has 0 aliphatic carbocycles. The zero-order valence-electron chi connectivity index (χ0n) is 14.3. The van der Waals surface area contributed by atoms with Crippen LogP contribution in [0.5, 0.6) is 0 Å². The molecule has 0 bridgehead atoms. The quantitative estimate of drug-likeness (QED) is 0.855. The van der Waals surface area contributed by atoms with E-state index in [2.05, 4.69) is 29.0 Å². The first-order chi connectivity index (χ1) is 12.2. The van der Waals surface area contributed by atoms with Crippen molar-refractivity contribution in [1.82, 2.24) is 10.2 Å². The Morgan fingerprint density at radius 2 is 2.04 bits per heavy atom. The molecule has 1 aliphatic heterocycles. The zero-order chi connectivity index (χ0) is 17.6. The maximum absolute atomic E-state index is 12.6. The van der Waals surface area contributed by atoms with E-state index in [-0.39, 0.29) is 18.0 Å². The number of hydrogen-bond acceptors (Lipinski definition) is 3. The number of thiophene rings is 1. The van der Waals surface area contributed by atoms with E-state index in [1.54, 1.807) is 11.3 Å². The Labute approximate surface area is 152 Å². The first-order valence-corrected chi connectivity index (χ1v) is 9.52. The third-order valence-electron chi connectivity index (χ3n) is 4.46. The maximum atomic E-state index is 12.6. The first kappa shape index (κ1) is 17.5. The molecule has 6 heteroatoms. The van der Waals surface area contributed by atoms with E-state index in [4.69, 9.17) is 0 Å². The van der Waals surface area contributed by atoms with Crippen molar-refractivity contribution in [3.05, 3.63) is 52.2 Å². The number of anilines is 1. The smallest absolute Gasteiger partial charge is 0.319 e. The van der Waals surface area contributed by atoms with Crippen molar-refractivity contribution in [2.75, 3.05) is 18.4 Å². The van der Waals surface area contributed by atoms with E-state index in [9.17, 15) is 9.59 Å². The van der Waals surface area contributed by atoms with Crippen LogP contribution in [0.4, 0.5) is 10.5 Å². The second-order valence-corrected chi connectivity index (χ2v) is 7.06. The van der Waals surface area contributed by atoms with Crippen LogP contribution in [0, 0.1) is 0 Å². The number of hydrogen-bond donors (Lipinski definition) is 2. The van der Waals surface area contributed by atoms with E-state index in [1.165, 1.54) is 10.4 Å². The molecule has 1 aliphatic rings. The van der Waals surface area contributed by atoms with Crippen molar-refractivity contribution in [2.45, 2.75) is 32.2 Å². The molecule has 1 atom stereocenters. The summed E-state index contributed by atoms with van der Waals surface area (Å²) in [5, 5.41) is 7.61. The van der Waals surface area contributed by atoms with Gasteiger partial charge in [0.1, 0.15) is 0 Å². The van der Waals surface area contributed by atoms with Gasteiger partial charge < -0.3 is 15.5 Å². The van der Waals surface area contributed by atoms with Gasteiger partial charge in [-0.15, -0.1) is 11.3 Å². The molecule has 2 aromatic rings. The van der Waals surface area contributed by atoms with Crippen LogP contribution >= 0.6 is 11.3 Å². The lowest BCUT2D eigenvalue weighted by molar-refractivity contribution is -0.134. The van der Waals surface area contributed by atoms with Gasteiger partial charge in [0, 0.05) is 30.1 Å². The van der Waals surface area contributed by atoms with E-state index >= 15 is 0 Å². The predicted molar refractivity (Wildman–Crippen MR) is 101 cm³/mol. The summed E-state index contributed by atoms with van der Waals surface area (Å²) >= 11 is 1.78. The lowest BCUT2D eigenvalue weighted by Gasteiger charge is -2.35. The molecule has 1 aromatic carbocycles. The molecule has 3 rings (SSSR count). The molecular weight excluding hydrogens is 334 g/mol. The number of carbonyl (C=O) groups is 2. The average Bonchev–Trinajstić information content (AvgIpc) is 3.10. The van der Waals surface area contributed by atoms with Crippen molar-refractivity contribution in [2.24, 2.45) is 0 Å². The first-order valence-electron chi connectivity index (χ1n) is 8.64. The summed E-state index contributed by atoms with van der Waals surface area (Å²) < 4.78 is 0. The Bertz CT molecular complexity index is 729. The number of fused-ring (bicyclic) bond motifs is 1. The summed E-state index contributed by atoms with van der Waals surface area (Å²) in [5.74, 6) is 0.101. The van der Waals surface area contributed by atoms with E-state index in [1.807, 2.05) is 35.2 Å². The monoisotopic (exact) mass is 357 g/mol. The molecule has 2 heterocycles. The van der Waals surface area contributed by atoms with Crippen molar-refractivity contribution in [3.8, 4) is 0 Å². The minimum atomic E-state index is -0.287. The number of urea groups is 1. The normalized spacial score (nSPS) is 16.2. The van der Waals surface area contributed by atoms with Crippen LogP contribution in [0.2, 0.25) is 0 Å². The van der Waals surface area contributed by atoms with Gasteiger partial charge in [0.05, 0.1) is 6.04 Å². The topological polar surface area (TPSA) is 61.4 Å². The van der Waals surface area contributed by atoms with Crippen LogP contribution < -0.4 is 10.6 Å². The minimum Gasteiger partial charge on any atom is -0.337 e. The van der Waals surface area contributed by atoms with Crippen molar-refractivity contribution >= 4 is 29.0 Å². The van der Waals surface area contributed by atoms with Gasteiger partial charge in [0.15, 0.2) is 0 Å². The maximum Gasteiger partial charge on any atom is 0.319 e. The molecule has 2 N–H and O–H groups in total. The van der Waals surface area contributed by atoms with Crippen LogP contribution in [0.25, 0.3) is 0 Å². The molecule has 0 saturated heterocycles. The van der Waals surface area contributed by atoms with Gasteiger partial charge in [-0.05, 0) is 42.0 Å². The fourth-order valence-electron chi connectivity index (χ4n) is 3.26. The molecule has 3 amide bonds. The van der Waals surface area contributed by atoms with Gasteiger partial charge in [-0.3, -0.25) is 4.79 Å². The molecule has 0 fully saturated rings. The molecular formula is C19H23N3O2S. The summed E-state index contributed by atoms with van der Waals surface area (Å²) in [6.45, 7) is 3.21. The largest absolute Gasteiger partial charge is 0.337 e. The molecule has 0 radical (unpaired) electrons. The number of amides is 3. The van der Waals surface area contributed by atoms with Gasteiger partial charge in [-0.2, -0.15) is 0 Å². The van der Waals surface area contributed by atoms with Crippen LogP contribution in [-0.2, 0) is 11.2 Å². The highest BCUT2D eigenvalue weighted by Gasteiger charge is 2.29. The second-order valence-electron chi connectivity index (χ2n) is 6.06. The Hall–Kier alpha value is -2.34. The van der Waals surface area contributed by atoms with Crippen LogP contribution in [-0.4, -0.2) is 29.9 Å². The van der Waals surface area contributed by atoms with E-state index in [0.717, 1.165) is 25.1 Å². The highest BCUT2D eigenvalue weighted by molar-refractivity contribution is 7.10. The molecule has 0 spiro atoms. The summed E-state index contributed by atoms with van der Waals surface area (Å²) in [5.41, 5.74) is 2.03. The summed E-state index contributed by atoms with van der Waals surface area (Å²) in [6, 6.07) is 11.3. The Morgan fingerprint density at radius 1 is 1.24 bits per heavy atom. The lowest BCUT2D eigenvalue weighted by Crippen LogP contribution is -2.41. The molecule has 1 unspecified atom stereocenters. The van der Waals surface area contributed by atoms with E-state index < -0.39 is 0 Å². The molecule has 132 valence electrons. The third-order valence-corrected chi connectivity index (χ3v) is 5.45. The molecule has 0 saturated carbocycles. The highest BCUT2D eigenvalue weighted by Crippen LogP contribution is 2.35. The molecule has 25 heavy (non-hydrogen) atoms. The Balaban J connectivity index is 1.48. The standard InChI is InChI=1S/C19H23N3O2S/c1-2-16-15-10-13-25-17(15)9-12-22(16)18(23)8-11-20-19(24)21-14-6-4-3-5-7-14/h3-7,10,13,16H,2,8-9,11-12H2,1H3,(H2,20,21,24).